The molecular weight excluding hydrogens is 612 g/mol. The van der Waals surface area contributed by atoms with Crippen LogP contribution < -0.4 is 5.73 Å². The molecule has 14 heteroatoms. The summed E-state index contributed by atoms with van der Waals surface area (Å²) < 4.78 is 114. The van der Waals surface area contributed by atoms with Crippen LogP contribution in [0.25, 0.3) is 11.1 Å². The minimum atomic E-state index is -5.03. The van der Waals surface area contributed by atoms with Gasteiger partial charge >= 0.3 is 6.18 Å². The fourth-order valence-corrected chi connectivity index (χ4v) is 5.75. The first-order valence-electron chi connectivity index (χ1n) is 13.7. The third-order valence-electron chi connectivity index (χ3n) is 7.56. The Labute approximate surface area is 250 Å². The van der Waals surface area contributed by atoms with Gasteiger partial charge in [-0.3, -0.25) is 19.3 Å². The summed E-state index contributed by atoms with van der Waals surface area (Å²) in [6.07, 6.45) is -5.61. The number of ketones is 1. The Kier molecular flexibility index (Phi) is 8.51. The summed E-state index contributed by atoms with van der Waals surface area (Å²) >= 11 is 0. The van der Waals surface area contributed by atoms with E-state index >= 15 is 0 Å². The largest absolute Gasteiger partial charge is 0.435 e. The number of carbonyl (C=O) groups is 2. The number of hydrogen-bond donors (Lipinski definition) is 1. The summed E-state index contributed by atoms with van der Waals surface area (Å²) in [4.78, 5) is 29.6. The van der Waals surface area contributed by atoms with E-state index in [1.165, 1.54) is 24.4 Å². The van der Waals surface area contributed by atoms with Gasteiger partial charge in [-0.15, -0.1) is 0 Å². The summed E-state index contributed by atoms with van der Waals surface area (Å²) in [6.45, 7) is -0.938. The van der Waals surface area contributed by atoms with E-state index in [9.17, 15) is 44.7 Å². The number of primary amides is 1. The van der Waals surface area contributed by atoms with Crippen LogP contribution in [0.1, 0.15) is 63.7 Å². The van der Waals surface area contributed by atoms with E-state index in [4.69, 9.17) is 5.73 Å². The van der Waals surface area contributed by atoms with Gasteiger partial charge in [0, 0.05) is 42.1 Å². The maximum Gasteiger partial charge on any atom is 0.435 e. The quantitative estimate of drug-likeness (QED) is 0.203. The third kappa shape index (κ3) is 6.74. The van der Waals surface area contributed by atoms with Gasteiger partial charge in [0.2, 0.25) is 0 Å². The lowest BCUT2D eigenvalue weighted by Crippen LogP contribution is -2.27. The number of nitrogens with zero attached hydrogens (tertiary/aromatic N) is 3. The number of fused-ring (bicyclic) bond motifs is 1. The van der Waals surface area contributed by atoms with E-state index in [0.29, 0.717) is 10.7 Å². The molecule has 2 aromatic carbocycles. The van der Waals surface area contributed by atoms with Gasteiger partial charge in [0.15, 0.2) is 11.5 Å². The normalized spacial score (nSPS) is 15.0. The molecule has 2 heterocycles. The van der Waals surface area contributed by atoms with E-state index in [1.54, 1.807) is 0 Å². The number of rotatable bonds is 9. The topological polar surface area (TPSA) is 90.9 Å². The molecule has 0 radical (unpaired) electrons. The summed E-state index contributed by atoms with van der Waals surface area (Å²) in [7, 11) is 0. The van der Waals surface area contributed by atoms with Crippen LogP contribution in [0.15, 0.2) is 54.7 Å². The average molecular weight is 637 g/mol. The highest BCUT2D eigenvalue weighted by molar-refractivity contribution is 5.94. The van der Waals surface area contributed by atoms with Gasteiger partial charge in [0.1, 0.15) is 29.7 Å². The maximum absolute atomic E-state index is 14.9. The molecule has 1 aliphatic rings. The van der Waals surface area contributed by atoms with E-state index in [0.717, 1.165) is 24.3 Å². The average Bonchev–Trinajstić information content (AvgIpc) is 3.32. The van der Waals surface area contributed by atoms with Crippen molar-refractivity contribution in [3.05, 3.63) is 106 Å². The number of amides is 1. The van der Waals surface area contributed by atoms with Crippen molar-refractivity contribution in [1.29, 1.82) is 0 Å². The second kappa shape index (κ2) is 12.1. The molecule has 0 fully saturated rings. The Hall–Kier alpha value is -4.62. The number of benzene rings is 2. The number of alkyl halides is 5. The summed E-state index contributed by atoms with van der Waals surface area (Å²) in [5, 5.41) is 3.38. The van der Waals surface area contributed by atoms with E-state index in [1.807, 2.05) is 0 Å². The molecule has 0 bridgehead atoms. The number of pyridine rings is 1. The van der Waals surface area contributed by atoms with Gasteiger partial charge in [-0.1, -0.05) is 12.1 Å². The number of Topliss-reactive ketones (excluding diaryl/α,β-unsaturated/α-hetero) is 1. The molecule has 1 atom stereocenters. The Morgan fingerprint density at radius 1 is 1.02 bits per heavy atom. The third-order valence-corrected chi connectivity index (χ3v) is 7.56. The Morgan fingerprint density at radius 3 is 2.40 bits per heavy atom. The standard InChI is InChI=1S/C31H24F8N4O2/c32-19-10-16(11-20(33)14-19)9-18(26-22(4-2-8-41-26)17-5-6-25(34)24(13-17)29(40)45)12-21(44)15-43-28-23(3-1-7-30(28,35)36)27(42-43)31(37,38)39/h2,4-6,8,10-11,13-14,18H,1,3,7,9,12,15H2,(H2,40,45)/t18-/m1/s1. The molecule has 0 saturated heterocycles. The van der Waals surface area contributed by atoms with Crippen molar-refractivity contribution in [3.8, 4) is 11.1 Å². The van der Waals surface area contributed by atoms with Crippen LogP contribution in [-0.4, -0.2) is 26.5 Å². The van der Waals surface area contributed by atoms with Crippen LogP contribution in [0.4, 0.5) is 35.1 Å². The van der Waals surface area contributed by atoms with Gasteiger partial charge in [0.25, 0.3) is 11.8 Å². The highest BCUT2D eigenvalue weighted by Crippen LogP contribution is 2.45. The molecule has 1 aliphatic carbocycles. The molecule has 0 saturated carbocycles. The monoisotopic (exact) mass is 636 g/mol. The first kappa shape index (κ1) is 31.8. The molecule has 236 valence electrons. The molecule has 45 heavy (non-hydrogen) atoms. The number of nitrogens with two attached hydrogens (primary N) is 1. The summed E-state index contributed by atoms with van der Waals surface area (Å²) in [5.41, 5.74) is 2.53. The van der Waals surface area contributed by atoms with E-state index < -0.39 is 89.1 Å². The van der Waals surface area contributed by atoms with Gasteiger partial charge in [-0.2, -0.15) is 27.1 Å². The molecule has 0 spiro atoms. The fraction of sp³-hybridized carbons (Fsp3) is 0.290. The smallest absolute Gasteiger partial charge is 0.366 e. The molecule has 6 nitrogen and oxygen atoms in total. The van der Waals surface area contributed by atoms with E-state index in [-0.39, 0.29) is 41.6 Å². The lowest BCUT2D eigenvalue weighted by atomic mass is 9.86. The van der Waals surface area contributed by atoms with Crippen LogP contribution in [0.3, 0.4) is 0 Å². The molecule has 2 aromatic heterocycles. The van der Waals surface area contributed by atoms with E-state index in [2.05, 4.69) is 10.1 Å². The number of carbonyl (C=O) groups excluding carboxylic acids is 2. The second-order valence-electron chi connectivity index (χ2n) is 10.8. The highest BCUT2D eigenvalue weighted by Gasteiger charge is 2.48. The number of halogens is 8. The van der Waals surface area contributed by atoms with Crippen LogP contribution in [0.5, 0.6) is 0 Å². The molecule has 0 unspecified atom stereocenters. The Bertz CT molecular complexity index is 1760. The van der Waals surface area contributed by atoms with Gasteiger partial charge in [-0.25, -0.2) is 13.2 Å². The molecule has 1 amide bonds. The van der Waals surface area contributed by atoms with Crippen LogP contribution >= 0.6 is 0 Å². The van der Waals surface area contributed by atoms with Gasteiger partial charge < -0.3 is 5.73 Å². The Morgan fingerprint density at radius 2 is 1.73 bits per heavy atom. The zero-order valence-corrected chi connectivity index (χ0v) is 23.3. The van der Waals surface area contributed by atoms with Crippen molar-refractivity contribution >= 4 is 11.7 Å². The summed E-state index contributed by atoms with van der Waals surface area (Å²) in [6, 6.07) is 9.19. The van der Waals surface area contributed by atoms with Crippen molar-refractivity contribution in [2.75, 3.05) is 0 Å². The molecule has 2 N–H and O–H groups in total. The highest BCUT2D eigenvalue weighted by atomic mass is 19.4. The zero-order valence-electron chi connectivity index (χ0n) is 23.3. The van der Waals surface area contributed by atoms with Crippen molar-refractivity contribution in [2.24, 2.45) is 5.73 Å². The maximum atomic E-state index is 14.9. The fourth-order valence-electron chi connectivity index (χ4n) is 5.75. The van der Waals surface area contributed by atoms with Gasteiger partial charge in [-0.05, 0) is 60.7 Å². The van der Waals surface area contributed by atoms with Crippen LogP contribution in [0, 0.1) is 17.5 Å². The first-order chi connectivity index (χ1) is 21.1. The molecule has 5 rings (SSSR count). The predicted octanol–water partition coefficient (Wildman–Crippen LogP) is 6.89. The second-order valence-corrected chi connectivity index (χ2v) is 10.8. The van der Waals surface area contributed by atoms with Crippen molar-refractivity contribution < 1.29 is 44.7 Å². The van der Waals surface area contributed by atoms with Gasteiger partial charge in [0.05, 0.1) is 11.3 Å². The first-order valence-corrected chi connectivity index (χ1v) is 13.7. The molecule has 0 aliphatic heterocycles. The predicted molar refractivity (Wildman–Crippen MR) is 145 cm³/mol. The van der Waals surface area contributed by atoms with Crippen molar-refractivity contribution in [3.63, 3.8) is 0 Å². The zero-order chi connectivity index (χ0) is 32.7. The van der Waals surface area contributed by atoms with Crippen molar-refractivity contribution in [2.45, 2.75) is 56.7 Å². The molecular formula is C31H24F8N4O2. The minimum absolute atomic E-state index is 0.0983. The number of aromatic nitrogens is 3. The van der Waals surface area contributed by atoms with Crippen molar-refractivity contribution in [1.82, 2.24) is 14.8 Å². The van der Waals surface area contributed by atoms with Crippen LogP contribution in [-0.2, 0) is 36.3 Å². The van der Waals surface area contributed by atoms with Crippen LogP contribution in [0.2, 0.25) is 0 Å². The molecule has 4 aromatic rings. The Balaban J connectivity index is 1.55. The minimum Gasteiger partial charge on any atom is -0.366 e. The lowest BCUT2D eigenvalue weighted by Gasteiger charge is -2.24. The lowest BCUT2D eigenvalue weighted by molar-refractivity contribution is -0.142. The summed E-state index contributed by atoms with van der Waals surface area (Å²) in [5.74, 6) is -9.25. The number of hydrogen-bond acceptors (Lipinski definition) is 4. The SMILES string of the molecule is NC(=O)c1cc(-c2cccnc2[C@@H](CC(=O)Cn2nc(C(F)(F)F)c3c2C(F)(F)CCC3)Cc2cc(F)cc(F)c2)ccc1F.